The second-order valence-corrected chi connectivity index (χ2v) is 7.58. The van der Waals surface area contributed by atoms with E-state index in [1.807, 2.05) is 0 Å². The van der Waals surface area contributed by atoms with Crippen LogP contribution < -0.4 is 11.1 Å². The van der Waals surface area contributed by atoms with Gasteiger partial charge in [0.1, 0.15) is 11.4 Å². The number of rotatable bonds is 3. The summed E-state index contributed by atoms with van der Waals surface area (Å²) in [6.45, 7) is 3.21. The zero-order valence-electron chi connectivity index (χ0n) is 16.2. The molecule has 0 saturated carbocycles. The molecule has 30 heavy (non-hydrogen) atoms. The number of hydrogen-bond donors (Lipinski definition) is 2. The van der Waals surface area contributed by atoms with Crippen LogP contribution in [0, 0.1) is 5.82 Å². The lowest BCUT2D eigenvalue weighted by atomic mass is 9.78. The number of hydrogen-bond acceptors (Lipinski definition) is 4. The zero-order valence-corrected chi connectivity index (χ0v) is 16.2. The molecule has 1 aliphatic rings. The van der Waals surface area contributed by atoms with Crippen LogP contribution in [0.15, 0.2) is 47.5 Å². The van der Waals surface area contributed by atoms with Crippen LogP contribution in [0.25, 0.3) is 0 Å². The average molecular weight is 431 g/mol. The zero-order chi connectivity index (χ0) is 22.5. The molecule has 2 aromatic rings. The van der Waals surface area contributed by atoms with Gasteiger partial charge in [-0.25, -0.2) is 9.38 Å². The normalized spacial score (nSPS) is 22.8. The third-order valence-electron chi connectivity index (χ3n) is 5.06. The van der Waals surface area contributed by atoms with Crippen molar-refractivity contribution >= 4 is 17.4 Å². The Bertz CT molecular complexity index is 1000. The molecule has 0 radical (unpaired) electrons. The first-order valence-corrected chi connectivity index (χ1v) is 8.84. The number of nitrogens with one attached hydrogen (secondary N) is 1. The molecule has 1 atom stereocenters. The van der Waals surface area contributed by atoms with Gasteiger partial charge in [0, 0.05) is 11.3 Å². The minimum absolute atomic E-state index is 0.0392. The van der Waals surface area contributed by atoms with Gasteiger partial charge in [0.15, 0.2) is 0 Å². The first kappa shape index (κ1) is 21.8. The molecule has 0 unspecified atom stereocenters. The molecule has 3 rings (SSSR count). The highest BCUT2D eigenvalue weighted by atomic mass is 19.4. The van der Waals surface area contributed by atoms with Crippen molar-refractivity contribution in [3.05, 3.63) is 59.4 Å². The number of nitrogens with two attached hydrogens (primary N) is 1. The van der Waals surface area contributed by atoms with Gasteiger partial charge in [-0.15, -0.1) is 0 Å². The molecule has 0 fully saturated rings. The number of amidine groups is 1. The smallest absolute Gasteiger partial charge is 0.418 e. The molecule has 2 aromatic carbocycles. The molecule has 0 aromatic heterocycles. The first-order valence-electron chi connectivity index (χ1n) is 8.84. The monoisotopic (exact) mass is 431 g/mol. The summed E-state index contributed by atoms with van der Waals surface area (Å²) in [6, 6.07) is 7.07. The van der Waals surface area contributed by atoms with Crippen LogP contribution in [0.1, 0.15) is 31.9 Å². The Labute approximate surface area is 168 Å². The summed E-state index contributed by atoms with van der Waals surface area (Å²) >= 11 is 0. The van der Waals surface area contributed by atoms with Gasteiger partial charge in [-0.05, 0) is 51.1 Å². The lowest BCUT2D eigenvalue weighted by molar-refractivity contribution is -0.215. The fraction of sp³-hybridized carbons (Fsp3) is 0.350. The number of ether oxygens (including phenoxy) is 1. The minimum atomic E-state index is -4.65. The largest absolute Gasteiger partial charge is 0.448 e. The fourth-order valence-electron chi connectivity index (χ4n) is 3.41. The first-order chi connectivity index (χ1) is 13.7. The van der Waals surface area contributed by atoms with E-state index in [4.69, 9.17) is 10.5 Å². The van der Waals surface area contributed by atoms with E-state index in [0.717, 1.165) is 45.0 Å². The van der Waals surface area contributed by atoms with Gasteiger partial charge in [0.25, 0.3) is 6.02 Å². The van der Waals surface area contributed by atoms with Crippen LogP contribution in [-0.2, 0) is 16.5 Å². The van der Waals surface area contributed by atoms with E-state index >= 15 is 8.78 Å². The predicted molar refractivity (Wildman–Crippen MR) is 100 cm³/mol. The molecule has 0 bridgehead atoms. The number of benzene rings is 2. The van der Waals surface area contributed by atoms with Crippen LogP contribution in [-0.4, -0.2) is 17.5 Å². The topological polar surface area (TPSA) is 59.6 Å². The lowest BCUT2D eigenvalue weighted by Crippen LogP contribution is -2.62. The number of anilines is 2. The molecule has 10 heteroatoms. The lowest BCUT2D eigenvalue weighted by Gasteiger charge is -2.47. The van der Waals surface area contributed by atoms with E-state index in [1.165, 1.54) is 18.2 Å². The highest BCUT2D eigenvalue weighted by Crippen LogP contribution is 2.52. The molecular weight excluding hydrogens is 412 g/mol. The summed E-state index contributed by atoms with van der Waals surface area (Å²) in [5, 5.41) is 2.51. The third kappa shape index (κ3) is 3.44. The highest BCUT2D eigenvalue weighted by Gasteiger charge is 2.66. The van der Waals surface area contributed by atoms with Gasteiger partial charge in [-0.1, -0.05) is 12.1 Å². The van der Waals surface area contributed by atoms with E-state index in [2.05, 4.69) is 10.3 Å². The fourth-order valence-corrected chi connectivity index (χ4v) is 3.41. The predicted octanol–water partition coefficient (Wildman–Crippen LogP) is 5.56. The molecule has 1 heterocycles. The number of halogens is 6. The van der Waals surface area contributed by atoms with E-state index in [1.54, 1.807) is 0 Å². The molecule has 0 aliphatic carbocycles. The van der Waals surface area contributed by atoms with E-state index < -0.39 is 46.2 Å². The van der Waals surface area contributed by atoms with Crippen molar-refractivity contribution in [2.45, 2.75) is 44.0 Å². The third-order valence-corrected chi connectivity index (χ3v) is 5.06. The van der Waals surface area contributed by atoms with Crippen molar-refractivity contribution < 1.29 is 31.1 Å². The minimum Gasteiger partial charge on any atom is -0.448 e. The Balaban J connectivity index is 2.09. The van der Waals surface area contributed by atoms with Crippen molar-refractivity contribution in [2.75, 3.05) is 5.32 Å². The summed E-state index contributed by atoms with van der Waals surface area (Å²) < 4.78 is 89.9. The van der Waals surface area contributed by atoms with Crippen LogP contribution in [0.5, 0.6) is 0 Å². The number of aliphatic imine (C=N–C) groups is 1. The number of alkyl halides is 5. The Kier molecular flexibility index (Phi) is 4.95. The van der Waals surface area contributed by atoms with Crippen LogP contribution in [0.2, 0.25) is 0 Å². The maximum absolute atomic E-state index is 15.2. The van der Waals surface area contributed by atoms with Crippen molar-refractivity contribution in [1.82, 2.24) is 0 Å². The summed E-state index contributed by atoms with van der Waals surface area (Å²) in [6.07, 6.45) is -4.65. The molecule has 4 nitrogen and oxygen atoms in total. The van der Waals surface area contributed by atoms with Crippen LogP contribution in [0.4, 0.5) is 37.7 Å². The van der Waals surface area contributed by atoms with Crippen molar-refractivity contribution in [2.24, 2.45) is 10.7 Å². The average Bonchev–Trinajstić information content (AvgIpc) is 2.61. The summed E-state index contributed by atoms with van der Waals surface area (Å²) in [5.41, 5.74) is -0.893. The summed E-state index contributed by atoms with van der Waals surface area (Å²) in [7, 11) is 0. The maximum Gasteiger partial charge on any atom is 0.418 e. The van der Waals surface area contributed by atoms with Crippen LogP contribution >= 0.6 is 0 Å². The Hall–Kier alpha value is -2.91. The van der Waals surface area contributed by atoms with Crippen molar-refractivity contribution in [3.63, 3.8) is 0 Å². The van der Waals surface area contributed by atoms with Crippen molar-refractivity contribution in [1.29, 1.82) is 0 Å². The van der Waals surface area contributed by atoms with Gasteiger partial charge in [0.2, 0.25) is 5.60 Å². The Morgan fingerprint density at radius 1 is 1.03 bits per heavy atom. The van der Waals surface area contributed by atoms with E-state index in [-0.39, 0.29) is 11.4 Å². The quantitative estimate of drug-likeness (QED) is 0.626. The van der Waals surface area contributed by atoms with E-state index in [0.29, 0.717) is 0 Å². The standard InChI is InChI=1S/C20H19F6N3O/c1-17(2)20(25,26)18(3,30-16(27)29-17)13-10-11(8-9-14(13)21)28-15-7-5-4-6-12(15)19(22,23)24/h4-10,28H,1-3H3,(H2,27,29)/t18-/m1/s1. The Morgan fingerprint density at radius 2 is 1.67 bits per heavy atom. The SMILES string of the molecule is CC1(C)N=C(N)O[C@](C)(c2cc(Nc3ccccc3C(F)(F)F)ccc2F)C1(F)F. The molecular formula is C20H19F6N3O. The van der Waals surface area contributed by atoms with Gasteiger partial charge < -0.3 is 15.8 Å². The molecule has 1 aliphatic heterocycles. The van der Waals surface area contributed by atoms with Gasteiger partial charge in [-0.3, -0.25) is 0 Å². The van der Waals surface area contributed by atoms with Gasteiger partial charge >= 0.3 is 12.1 Å². The van der Waals surface area contributed by atoms with Crippen molar-refractivity contribution in [3.8, 4) is 0 Å². The Morgan fingerprint density at radius 3 is 2.30 bits per heavy atom. The molecule has 162 valence electrons. The second-order valence-electron chi connectivity index (χ2n) is 7.58. The highest BCUT2D eigenvalue weighted by molar-refractivity contribution is 5.74. The summed E-state index contributed by atoms with van der Waals surface area (Å²) in [5.74, 6) is -4.73. The van der Waals surface area contributed by atoms with Gasteiger partial charge in [-0.2, -0.15) is 22.0 Å². The number of nitrogens with zero attached hydrogens (tertiary/aromatic N) is 1. The molecule has 0 saturated heterocycles. The van der Waals surface area contributed by atoms with Crippen LogP contribution in [0.3, 0.4) is 0 Å². The molecule has 3 N–H and O–H groups in total. The number of para-hydroxylation sites is 1. The molecule has 0 spiro atoms. The maximum atomic E-state index is 15.2. The van der Waals surface area contributed by atoms with Gasteiger partial charge in [0.05, 0.1) is 11.3 Å². The molecule has 0 amide bonds. The second kappa shape index (κ2) is 6.82. The summed E-state index contributed by atoms with van der Waals surface area (Å²) in [4.78, 5) is 3.61. The van der Waals surface area contributed by atoms with E-state index in [9.17, 15) is 17.6 Å².